The first-order valence-corrected chi connectivity index (χ1v) is 5.61. The molecule has 1 aromatic heterocycles. The van der Waals surface area contributed by atoms with Crippen LogP contribution in [-0.4, -0.2) is 17.0 Å². The van der Waals surface area contributed by atoms with E-state index in [0.717, 1.165) is 5.56 Å². The molecule has 6 heteroatoms. The Morgan fingerprint density at radius 1 is 1.26 bits per heavy atom. The first kappa shape index (κ1) is 12.9. The highest BCUT2D eigenvalue weighted by Gasteiger charge is 2.12. The van der Waals surface area contributed by atoms with Crippen LogP contribution in [0.4, 0.5) is 15.9 Å². The summed E-state index contributed by atoms with van der Waals surface area (Å²) in [5.74, 6) is -0.0274. The van der Waals surface area contributed by atoms with E-state index in [1.54, 1.807) is 20.0 Å². The van der Waals surface area contributed by atoms with E-state index in [4.69, 9.17) is 0 Å². The van der Waals surface area contributed by atoms with E-state index in [0.29, 0.717) is 17.1 Å². The number of aromatic nitrogens is 1. The first-order chi connectivity index (χ1) is 8.99. The Bertz CT molecular complexity index is 624. The third-order valence-corrected chi connectivity index (χ3v) is 2.61. The number of halogens is 1. The molecule has 19 heavy (non-hydrogen) atoms. The van der Waals surface area contributed by atoms with E-state index < -0.39 is 10.7 Å². The van der Waals surface area contributed by atoms with Crippen molar-refractivity contribution in [3.05, 3.63) is 51.8 Å². The highest BCUT2D eigenvalue weighted by molar-refractivity contribution is 5.66. The van der Waals surface area contributed by atoms with Crippen LogP contribution in [0.5, 0.6) is 0 Å². The number of hydrogen-bond acceptors (Lipinski definition) is 4. The summed E-state index contributed by atoms with van der Waals surface area (Å²) in [6.07, 6.45) is 0. The van der Waals surface area contributed by atoms with Crippen molar-refractivity contribution in [1.29, 1.82) is 0 Å². The minimum Gasteiger partial charge on any atom is -0.373 e. The topological polar surface area (TPSA) is 68.1 Å². The summed E-state index contributed by atoms with van der Waals surface area (Å²) >= 11 is 0. The molecule has 0 atom stereocenters. The molecule has 1 aromatic carbocycles. The molecule has 2 aromatic rings. The van der Waals surface area contributed by atoms with Gasteiger partial charge in [0.1, 0.15) is 11.6 Å². The highest BCUT2D eigenvalue weighted by Crippen LogP contribution is 2.26. The molecule has 5 nitrogen and oxygen atoms in total. The Kier molecular flexibility index (Phi) is 3.41. The van der Waals surface area contributed by atoms with Crippen molar-refractivity contribution in [3.63, 3.8) is 0 Å². The number of hydrogen-bond donors (Lipinski definition) is 1. The van der Waals surface area contributed by atoms with Crippen LogP contribution in [0, 0.1) is 22.9 Å². The molecule has 0 radical (unpaired) electrons. The summed E-state index contributed by atoms with van der Waals surface area (Å²) in [7, 11) is 1.62. The average Bonchev–Trinajstić information content (AvgIpc) is 2.37. The van der Waals surface area contributed by atoms with Crippen LogP contribution >= 0.6 is 0 Å². The van der Waals surface area contributed by atoms with Crippen molar-refractivity contribution in [2.24, 2.45) is 0 Å². The molecule has 0 aliphatic heterocycles. The maximum atomic E-state index is 13.4. The predicted molar refractivity (Wildman–Crippen MR) is 70.6 cm³/mol. The van der Waals surface area contributed by atoms with Crippen molar-refractivity contribution >= 4 is 11.5 Å². The van der Waals surface area contributed by atoms with Crippen LogP contribution < -0.4 is 5.32 Å². The molecule has 2 rings (SSSR count). The molecule has 0 aliphatic carbocycles. The lowest BCUT2D eigenvalue weighted by atomic mass is 10.1. The van der Waals surface area contributed by atoms with Gasteiger partial charge in [0.2, 0.25) is 0 Å². The molecule has 0 amide bonds. The monoisotopic (exact) mass is 261 g/mol. The van der Waals surface area contributed by atoms with Crippen molar-refractivity contribution in [2.45, 2.75) is 6.92 Å². The summed E-state index contributed by atoms with van der Waals surface area (Å²) in [5.41, 5.74) is 1.52. The van der Waals surface area contributed by atoms with Crippen molar-refractivity contribution in [2.75, 3.05) is 12.4 Å². The molecule has 1 N–H and O–H groups in total. The summed E-state index contributed by atoms with van der Waals surface area (Å²) in [6, 6.07) is 7.08. The van der Waals surface area contributed by atoms with E-state index in [-0.39, 0.29) is 5.69 Å². The van der Waals surface area contributed by atoms with Crippen LogP contribution in [0.3, 0.4) is 0 Å². The number of nitrogens with zero attached hydrogens (tertiary/aromatic N) is 2. The maximum Gasteiger partial charge on any atom is 0.275 e. The van der Waals surface area contributed by atoms with Gasteiger partial charge in [0.15, 0.2) is 0 Å². The zero-order valence-electron chi connectivity index (χ0n) is 10.5. The van der Waals surface area contributed by atoms with Crippen molar-refractivity contribution in [1.82, 2.24) is 4.98 Å². The summed E-state index contributed by atoms with van der Waals surface area (Å²) < 4.78 is 13.4. The molecular formula is C13H12FN3O2. The van der Waals surface area contributed by atoms with Crippen LogP contribution in [0.25, 0.3) is 11.3 Å². The van der Waals surface area contributed by atoms with Crippen LogP contribution in [0.2, 0.25) is 0 Å². The zero-order chi connectivity index (χ0) is 14.0. The predicted octanol–water partition coefficient (Wildman–Crippen LogP) is 3.15. The van der Waals surface area contributed by atoms with Crippen molar-refractivity contribution < 1.29 is 9.31 Å². The Hall–Kier alpha value is -2.50. The minimum atomic E-state index is -0.502. The number of nitro groups is 1. The highest BCUT2D eigenvalue weighted by atomic mass is 19.1. The van der Waals surface area contributed by atoms with Crippen LogP contribution in [-0.2, 0) is 0 Å². The Morgan fingerprint density at radius 3 is 2.58 bits per heavy atom. The second-order valence-electron chi connectivity index (χ2n) is 4.12. The van der Waals surface area contributed by atoms with Gasteiger partial charge >= 0.3 is 0 Å². The number of rotatable bonds is 3. The molecule has 98 valence electrons. The summed E-state index contributed by atoms with van der Waals surface area (Å²) in [6.45, 7) is 1.75. The molecule has 0 saturated carbocycles. The maximum absolute atomic E-state index is 13.4. The third kappa shape index (κ3) is 2.85. The third-order valence-electron chi connectivity index (χ3n) is 2.61. The van der Waals surface area contributed by atoms with Gasteiger partial charge in [-0.2, -0.15) is 0 Å². The average molecular weight is 261 g/mol. The number of pyridine rings is 1. The fourth-order valence-electron chi connectivity index (χ4n) is 1.78. The van der Waals surface area contributed by atoms with Gasteiger partial charge in [-0.1, -0.05) is 0 Å². The SMILES string of the molecule is CNc1cc([N+](=O)[O-])cc(-c2cc(C)cc(F)c2)n1. The molecular weight excluding hydrogens is 249 g/mol. The molecule has 0 unspecified atom stereocenters. The molecule has 0 fully saturated rings. The lowest BCUT2D eigenvalue weighted by molar-refractivity contribution is -0.384. The van der Waals surface area contributed by atoms with Gasteiger partial charge in [-0.3, -0.25) is 10.1 Å². The lowest BCUT2D eigenvalue weighted by Crippen LogP contribution is -1.98. The molecule has 0 aliphatic rings. The fourth-order valence-corrected chi connectivity index (χ4v) is 1.78. The quantitative estimate of drug-likeness (QED) is 0.680. The van der Waals surface area contributed by atoms with Gasteiger partial charge in [0.05, 0.1) is 16.7 Å². The van der Waals surface area contributed by atoms with Crippen LogP contribution in [0.1, 0.15) is 5.56 Å². The van der Waals surface area contributed by atoms with E-state index in [1.165, 1.54) is 24.3 Å². The second kappa shape index (κ2) is 5.01. The molecule has 0 spiro atoms. The molecule has 0 bridgehead atoms. The summed E-state index contributed by atoms with van der Waals surface area (Å²) in [4.78, 5) is 14.6. The standard InChI is InChI=1S/C13H12FN3O2/c1-8-3-9(5-10(14)4-8)12-6-11(17(18)19)7-13(15-2)16-12/h3-7H,1-2H3,(H,15,16). The minimum absolute atomic E-state index is 0.0868. The largest absolute Gasteiger partial charge is 0.373 e. The normalized spacial score (nSPS) is 10.3. The second-order valence-corrected chi connectivity index (χ2v) is 4.12. The number of anilines is 1. The first-order valence-electron chi connectivity index (χ1n) is 5.61. The van der Waals surface area contributed by atoms with Crippen molar-refractivity contribution in [3.8, 4) is 11.3 Å². The molecule has 0 saturated heterocycles. The van der Waals surface area contributed by atoms with E-state index in [2.05, 4.69) is 10.3 Å². The number of aryl methyl sites for hydroxylation is 1. The molecule has 1 heterocycles. The van der Waals surface area contributed by atoms with Gasteiger partial charge < -0.3 is 5.32 Å². The number of benzene rings is 1. The zero-order valence-corrected chi connectivity index (χ0v) is 10.5. The van der Waals surface area contributed by atoms with Crippen LogP contribution in [0.15, 0.2) is 30.3 Å². The lowest BCUT2D eigenvalue weighted by Gasteiger charge is -2.06. The van der Waals surface area contributed by atoms with E-state index in [9.17, 15) is 14.5 Å². The Balaban J connectivity index is 2.60. The summed E-state index contributed by atoms with van der Waals surface area (Å²) in [5, 5.41) is 13.6. The van der Waals surface area contributed by atoms with E-state index >= 15 is 0 Å². The van der Waals surface area contributed by atoms with Gasteiger partial charge in [-0.15, -0.1) is 0 Å². The number of nitrogens with one attached hydrogen (secondary N) is 1. The smallest absolute Gasteiger partial charge is 0.275 e. The Morgan fingerprint density at radius 2 is 2.00 bits per heavy atom. The van der Waals surface area contributed by atoms with Gasteiger partial charge in [0, 0.05) is 18.7 Å². The van der Waals surface area contributed by atoms with Gasteiger partial charge in [-0.25, -0.2) is 9.37 Å². The van der Waals surface area contributed by atoms with Gasteiger partial charge in [0.25, 0.3) is 5.69 Å². The fraction of sp³-hybridized carbons (Fsp3) is 0.154. The Labute approximate surface area is 109 Å². The van der Waals surface area contributed by atoms with Gasteiger partial charge in [-0.05, 0) is 30.7 Å². The van der Waals surface area contributed by atoms with E-state index in [1.807, 2.05) is 0 Å².